The second-order valence-corrected chi connectivity index (χ2v) is 3.79. The van der Waals surface area contributed by atoms with Crippen molar-refractivity contribution < 1.29 is 25.7 Å². The Hall–Kier alpha value is -0.206. The van der Waals surface area contributed by atoms with E-state index in [1.807, 2.05) is 0 Å². The third-order valence-corrected chi connectivity index (χ3v) is 1.50. The molecule has 3 heteroatoms. The van der Waals surface area contributed by atoms with Crippen LogP contribution in [0.1, 0.15) is 27.2 Å². The molecule has 2 nitrogen and oxygen atoms in total. The summed E-state index contributed by atoms with van der Waals surface area (Å²) in [6.07, 6.45) is 8.63. The molecule has 0 saturated carbocycles. The molecule has 1 aliphatic rings. The molecule has 0 fully saturated rings. The molecule has 0 aromatic rings. The molecule has 0 aromatic heterocycles. The summed E-state index contributed by atoms with van der Waals surface area (Å²) in [5, 5.41) is 0. The van der Waals surface area contributed by atoms with Crippen molar-refractivity contribution in [2.75, 3.05) is 0 Å². The maximum atomic E-state index is 8.50. The van der Waals surface area contributed by atoms with E-state index in [1.54, 1.807) is 0 Å². The number of allylic oxidation sites excluding steroid dienone is 4. The van der Waals surface area contributed by atoms with Crippen LogP contribution in [0.2, 0.25) is 0 Å². The molecule has 0 amide bonds. The molecule has 0 radical (unpaired) electrons. The van der Waals surface area contributed by atoms with Gasteiger partial charge in [-0.15, -0.1) is 6.42 Å². The van der Waals surface area contributed by atoms with E-state index in [-0.39, 0.29) is 0 Å². The maximum absolute atomic E-state index is 8.50. The zero-order chi connectivity index (χ0) is 9.61. The predicted molar refractivity (Wildman–Crippen MR) is 41.3 cm³/mol. The van der Waals surface area contributed by atoms with Gasteiger partial charge in [0.15, 0.2) is 0 Å². The fourth-order valence-electron chi connectivity index (χ4n) is 0.920. The van der Waals surface area contributed by atoms with E-state index in [0.29, 0.717) is 5.41 Å². The predicted octanol–water partition coefficient (Wildman–Crippen LogP) is 2.48. The third kappa shape index (κ3) is 4.63. The van der Waals surface area contributed by atoms with E-state index in [0.717, 1.165) is 6.42 Å². The van der Waals surface area contributed by atoms with Gasteiger partial charge >= 0.3 is 25.7 Å². The first kappa shape index (κ1) is 11.8. The van der Waals surface area contributed by atoms with Gasteiger partial charge in [-0.25, -0.2) is 11.6 Å². The normalized spacial score (nSPS) is 14.4. The zero-order valence-electron chi connectivity index (χ0n) is 7.68. The Labute approximate surface area is 82.3 Å². The average Bonchev–Trinajstić information content (AvgIpc) is 2.36. The number of hydrogen-bond donors (Lipinski definition) is 0. The van der Waals surface area contributed by atoms with E-state index < -0.39 is 19.1 Å². The average molecular weight is 201 g/mol. The SMILES string of the molecule is CC(C)(C)C1=[C-]CC=C1.[O]=[Ti]=[O]. The Morgan fingerprint density at radius 3 is 2.08 bits per heavy atom. The second-order valence-electron chi connectivity index (χ2n) is 3.53. The van der Waals surface area contributed by atoms with Crippen molar-refractivity contribution in [3.05, 3.63) is 23.8 Å². The van der Waals surface area contributed by atoms with Gasteiger partial charge in [-0.1, -0.05) is 20.8 Å². The molecular formula is C9H13O2Ti-. The van der Waals surface area contributed by atoms with Crippen LogP contribution in [0.25, 0.3) is 0 Å². The van der Waals surface area contributed by atoms with Crippen molar-refractivity contribution in [2.24, 2.45) is 5.41 Å². The Balaban J connectivity index is 0.000000354. The van der Waals surface area contributed by atoms with Crippen molar-refractivity contribution in [2.45, 2.75) is 27.2 Å². The number of hydrogen-bond acceptors (Lipinski definition) is 2. The molecule has 0 unspecified atom stereocenters. The Morgan fingerprint density at radius 2 is 1.92 bits per heavy atom. The molecule has 0 heterocycles. The third-order valence-electron chi connectivity index (χ3n) is 1.50. The van der Waals surface area contributed by atoms with Crippen LogP contribution in [0, 0.1) is 11.5 Å². The molecule has 0 saturated heterocycles. The Morgan fingerprint density at radius 1 is 1.42 bits per heavy atom. The van der Waals surface area contributed by atoms with E-state index in [4.69, 9.17) is 6.65 Å². The zero-order valence-corrected chi connectivity index (χ0v) is 9.24. The molecule has 0 spiro atoms. The van der Waals surface area contributed by atoms with Crippen LogP contribution < -0.4 is 0 Å². The van der Waals surface area contributed by atoms with Gasteiger partial charge in [0.25, 0.3) is 0 Å². The van der Waals surface area contributed by atoms with Crippen molar-refractivity contribution >= 4 is 0 Å². The van der Waals surface area contributed by atoms with Crippen LogP contribution in [-0.4, -0.2) is 0 Å². The fraction of sp³-hybridized carbons (Fsp3) is 0.556. The molecule has 0 atom stereocenters. The van der Waals surface area contributed by atoms with Gasteiger partial charge in [-0.3, -0.25) is 6.08 Å². The minimum absolute atomic E-state index is 0.299. The van der Waals surface area contributed by atoms with Crippen LogP contribution in [0.3, 0.4) is 0 Å². The van der Waals surface area contributed by atoms with E-state index >= 15 is 0 Å². The first-order valence-corrected chi connectivity index (χ1v) is 5.07. The molecule has 1 rings (SSSR count). The fourth-order valence-corrected chi connectivity index (χ4v) is 0.920. The summed E-state index contributed by atoms with van der Waals surface area (Å²) >= 11 is -2.00. The van der Waals surface area contributed by atoms with Crippen molar-refractivity contribution in [1.29, 1.82) is 0 Å². The number of rotatable bonds is 0. The monoisotopic (exact) mass is 201 g/mol. The molecule has 12 heavy (non-hydrogen) atoms. The molecule has 0 N–H and O–H groups in total. The van der Waals surface area contributed by atoms with Crippen LogP contribution in [0.15, 0.2) is 17.7 Å². The summed E-state index contributed by atoms with van der Waals surface area (Å²) in [5.74, 6) is 0. The van der Waals surface area contributed by atoms with Crippen LogP contribution in [0.5, 0.6) is 0 Å². The topological polar surface area (TPSA) is 34.1 Å². The molecule has 66 valence electrons. The first-order chi connectivity index (χ1) is 5.52. The van der Waals surface area contributed by atoms with Crippen molar-refractivity contribution in [1.82, 2.24) is 0 Å². The van der Waals surface area contributed by atoms with E-state index in [2.05, 4.69) is 39.0 Å². The summed E-state index contributed by atoms with van der Waals surface area (Å²) in [4.78, 5) is 0. The van der Waals surface area contributed by atoms with Crippen LogP contribution in [-0.2, 0) is 25.7 Å². The second kappa shape index (κ2) is 5.44. The molecular weight excluding hydrogens is 188 g/mol. The van der Waals surface area contributed by atoms with Gasteiger partial charge in [-0.05, 0) is 5.41 Å². The summed E-state index contributed by atoms with van der Waals surface area (Å²) in [6.45, 7) is 6.64. The van der Waals surface area contributed by atoms with Crippen LogP contribution >= 0.6 is 0 Å². The molecule has 0 aliphatic heterocycles. The van der Waals surface area contributed by atoms with Gasteiger partial charge in [0.1, 0.15) is 0 Å². The molecule has 1 aliphatic carbocycles. The van der Waals surface area contributed by atoms with Gasteiger partial charge in [0.05, 0.1) is 0 Å². The van der Waals surface area contributed by atoms with Crippen LogP contribution in [0.4, 0.5) is 0 Å². The Bertz CT molecular complexity index is 227. The minimum atomic E-state index is -2.00. The van der Waals surface area contributed by atoms with Gasteiger partial charge in [0.2, 0.25) is 0 Å². The summed E-state index contributed by atoms with van der Waals surface area (Å²) in [6, 6.07) is 0. The Kier molecular flexibility index (Phi) is 5.35. The van der Waals surface area contributed by atoms with Gasteiger partial charge < -0.3 is 0 Å². The summed E-state index contributed by atoms with van der Waals surface area (Å²) in [5.41, 5.74) is 1.65. The van der Waals surface area contributed by atoms with Gasteiger partial charge in [-0.2, -0.15) is 6.08 Å². The standard InChI is InChI=1S/C9H13.2O.Ti/c1-9(2,3)8-6-4-5-7-8;;;/h4,6H,5H2,1-3H3;;;/q-1;;;. The first-order valence-electron chi connectivity index (χ1n) is 3.79. The van der Waals surface area contributed by atoms with E-state index in [1.165, 1.54) is 5.57 Å². The van der Waals surface area contributed by atoms with E-state index in [9.17, 15) is 0 Å². The van der Waals surface area contributed by atoms with Crippen molar-refractivity contribution in [3.63, 3.8) is 0 Å². The van der Waals surface area contributed by atoms with Gasteiger partial charge in [0, 0.05) is 0 Å². The molecule has 0 bridgehead atoms. The van der Waals surface area contributed by atoms with Crippen molar-refractivity contribution in [3.8, 4) is 0 Å². The summed E-state index contributed by atoms with van der Waals surface area (Å²) < 4.78 is 17.0. The quantitative estimate of drug-likeness (QED) is 0.445. The molecule has 0 aromatic carbocycles. The summed E-state index contributed by atoms with van der Waals surface area (Å²) in [7, 11) is 0.